The number of rotatable bonds is 4. The number of nitro groups is 1. The van der Waals surface area contributed by atoms with Crippen molar-refractivity contribution in [2.75, 3.05) is 24.1 Å². The summed E-state index contributed by atoms with van der Waals surface area (Å²) in [5, 5.41) is 14.1. The van der Waals surface area contributed by atoms with Gasteiger partial charge in [-0.05, 0) is 31.0 Å². The predicted molar refractivity (Wildman–Crippen MR) is 104 cm³/mol. The minimum atomic E-state index is -0.936. The monoisotopic (exact) mass is 421 g/mol. The number of amides is 2. The molecule has 9 nitrogen and oxygen atoms in total. The van der Waals surface area contributed by atoms with Crippen LogP contribution in [0, 0.1) is 21.8 Å². The second-order valence-corrected chi connectivity index (χ2v) is 7.02. The molecule has 1 aliphatic rings. The summed E-state index contributed by atoms with van der Waals surface area (Å²) in [7, 11) is 0. The Labute approximate surface area is 169 Å². The maximum Gasteiger partial charge on any atom is 0.295 e. The second-order valence-electron chi connectivity index (χ2n) is 6.58. The number of nitrogens with one attached hydrogen (secondary N) is 1. The zero-order valence-corrected chi connectivity index (χ0v) is 15.9. The fraction of sp³-hybridized carbons (Fsp3) is 0.278. The second kappa shape index (κ2) is 8.39. The fourth-order valence-electron chi connectivity index (χ4n) is 3.16. The third kappa shape index (κ3) is 4.60. The van der Waals surface area contributed by atoms with E-state index in [0.717, 1.165) is 6.07 Å². The van der Waals surface area contributed by atoms with Crippen molar-refractivity contribution in [1.29, 1.82) is 0 Å². The number of benzene rings is 1. The molecule has 152 valence electrons. The fourth-order valence-corrected chi connectivity index (χ4v) is 3.27. The van der Waals surface area contributed by atoms with Crippen LogP contribution in [0.5, 0.6) is 0 Å². The van der Waals surface area contributed by atoms with Crippen molar-refractivity contribution < 1.29 is 18.9 Å². The van der Waals surface area contributed by atoms with Crippen molar-refractivity contribution in [3.8, 4) is 0 Å². The van der Waals surface area contributed by atoms with E-state index < -0.39 is 33.9 Å². The highest BCUT2D eigenvalue weighted by Gasteiger charge is 2.31. The Balaban J connectivity index is 1.75. The van der Waals surface area contributed by atoms with Gasteiger partial charge in [0, 0.05) is 19.3 Å². The van der Waals surface area contributed by atoms with Crippen molar-refractivity contribution in [3.63, 3.8) is 0 Å². The molecule has 11 heteroatoms. The SMILES string of the molecule is Nc1c(C(=O)N2CCCC(C(=O)Nc3ccc(Cl)cn3)C2)cc(F)cc1[N+](=O)[O-]. The number of pyridine rings is 1. The molecule has 29 heavy (non-hydrogen) atoms. The van der Waals surface area contributed by atoms with Gasteiger partial charge >= 0.3 is 0 Å². The largest absolute Gasteiger partial charge is 0.393 e. The van der Waals surface area contributed by atoms with Crippen molar-refractivity contribution in [1.82, 2.24) is 9.88 Å². The van der Waals surface area contributed by atoms with Crippen LogP contribution in [0.3, 0.4) is 0 Å². The van der Waals surface area contributed by atoms with Crippen molar-refractivity contribution >= 4 is 40.6 Å². The molecule has 1 fully saturated rings. The van der Waals surface area contributed by atoms with Crippen molar-refractivity contribution in [2.45, 2.75) is 12.8 Å². The molecule has 1 aliphatic heterocycles. The van der Waals surface area contributed by atoms with E-state index in [2.05, 4.69) is 10.3 Å². The van der Waals surface area contributed by atoms with Gasteiger partial charge in [0.15, 0.2) is 0 Å². The number of anilines is 2. The normalized spacial score (nSPS) is 16.3. The molecule has 1 aromatic carbocycles. The van der Waals surface area contributed by atoms with E-state index in [4.69, 9.17) is 17.3 Å². The summed E-state index contributed by atoms with van der Waals surface area (Å²) in [6.45, 7) is 0.396. The lowest BCUT2D eigenvalue weighted by molar-refractivity contribution is -0.384. The van der Waals surface area contributed by atoms with Crippen LogP contribution in [0.2, 0.25) is 5.02 Å². The Morgan fingerprint density at radius 2 is 2.14 bits per heavy atom. The highest BCUT2D eigenvalue weighted by Crippen LogP contribution is 2.29. The van der Waals surface area contributed by atoms with Crippen LogP contribution in [-0.4, -0.2) is 39.7 Å². The van der Waals surface area contributed by atoms with Crippen LogP contribution in [0.1, 0.15) is 23.2 Å². The number of aromatic nitrogens is 1. The van der Waals surface area contributed by atoms with E-state index in [9.17, 15) is 24.1 Å². The zero-order valence-electron chi connectivity index (χ0n) is 15.1. The number of piperidine rings is 1. The van der Waals surface area contributed by atoms with Crippen LogP contribution in [-0.2, 0) is 4.79 Å². The number of nitro benzene ring substituents is 1. The molecule has 0 saturated carbocycles. The Morgan fingerprint density at radius 1 is 1.38 bits per heavy atom. The summed E-state index contributed by atoms with van der Waals surface area (Å²) in [4.78, 5) is 40.9. The van der Waals surface area contributed by atoms with Crippen LogP contribution in [0.25, 0.3) is 0 Å². The van der Waals surface area contributed by atoms with E-state index in [-0.39, 0.29) is 18.0 Å². The molecule has 2 amide bonds. The highest BCUT2D eigenvalue weighted by atomic mass is 35.5. The molecule has 0 bridgehead atoms. The summed E-state index contributed by atoms with van der Waals surface area (Å²) in [5.41, 5.74) is 4.34. The number of hydrogen-bond acceptors (Lipinski definition) is 6. The summed E-state index contributed by atoms with van der Waals surface area (Å²) in [6, 6.07) is 4.67. The van der Waals surface area contributed by atoms with Crippen LogP contribution in [0.15, 0.2) is 30.5 Å². The lowest BCUT2D eigenvalue weighted by Crippen LogP contribution is -2.44. The quantitative estimate of drug-likeness (QED) is 0.443. The topological polar surface area (TPSA) is 131 Å². The number of likely N-dealkylation sites (tertiary alicyclic amines) is 1. The molecule has 0 radical (unpaired) electrons. The lowest BCUT2D eigenvalue weighted by atomic mass is 9.96. The molecule has 1 saturated heterocycles. The van der Waals surface area contributed by atoms with Crippen molar-refractivity contribution in [3.05, 3.63) is 57.0 Å². The average molecular weight is 422 g/mol. The Kier molecular flexibility index (Phi) is 5.92. The number of halogens is 2. The molecule has 3 rings (SSSR count). The number of carbonyl (C=O) groups excluding carboxylic acids is 2. The Bertz CT molecular complexity index is 969. The van der Waals surface area contributed by atoms with Gasteiger partial charge in [-0.15, -0.1) is 0 Å². The molecule has 3 N–H and O–H groups in total. The summed E-state index contributed by atoms with van der Waals surface area (Å²) >= 11 is 5.77. The standard InChI is InChI=1S/C18H17ClFN5O4/c19-11-3-4-15(22-8-11)23-17(26)10-2-1-5-24(9-10)18(27)13-6-12(20)7-14(16(13)21)25(28)29/h3-4,6-8,10H,1-2,5,9,21H2,(H,22,23,26). The van der Waals surface area contributed by atoms with E-state index in [1.165, 1.54) is 11.1 Å². The number of carbonyl (C=O) groups is 2. The molecule has 1 aromatic heterocycles. The number of nitrogen functional groups attached to an aromatic ring is 1. The third-order valence-corrected chi connectivity index (χ3v) is 4.83. The first-order valence-corrected chi connectivity index (χ1v) is 9.09. The van der Waals surface area contributed by atoms with E-state index in [1.54, 1.807) is 12.1 Å². The maximum absolute atomic E-state index is 13.8. The van der Waals surface area contributed by atoms with Gasteiger partial charge < -0.3 is 16.0 Å². The number of nitrogens with zero attached hydrogens (tertiary/aromatic N) is 3. The van der Waals surface area contributed by atoms with Gasteiger partial charge in [0.25, 0.3) is 11.6 Å². The molecule has 1 atom stereocenters. The van der Waals surface area contributed by atoms with E-state index >= 15 is 0 Å². The van der Waals surface area contributed by atoms with Crippen molar-refractivity contribution in [2.24, 2.45) is 5.92 Å². The van der Waals surface area contributed by atoms with Gasteiger partial charge in [-0.3, -0.25) is 19.7 Å². The molecule has 0 aliphatic carbocycles. The number of nitrogens with two attached hydrogens (primary N) is 1. The van der Waals surface area contributed by atoms with Crippen LogP contribution >= 0.6 is 11.6 Å². The summed E-state index contributed by atoms with van der Waals surface area (Å²) < 4.78 is 13.8. The first-order valence-electron chi connectivity index (χ1n) is 8.71. The molecule has 2 heterocycles. The van der Waals surface area contributed by atoms with Gasteiger partial charge in [0.1, 0.15) is 17.3 Å². The molecule has 2 aromatic rings. The summed E-state index contributed by atoms with van der Waals surface area (Å²) in [5.74, 6) is -2.11. The molecular formula is C18H17ClFN5O4. The zero-order chi connectivity index (χ0) is 21.1. The Morgan fingerprint density at radius 3 is 2.79 bits per heavy atom. The predicted octanol–water partition coefficient (Wildman–Crippen LogP) is 2.86. The minimum absolute atomic E-state index is 0.0714. The smallest absolute Gasteiger partial charge is 0.295 e. The van der Waals surface area contributed by atoms with Gasteiger partial charge in [0.05, 0.1) is 27.5 Å². The summed E-state index contributed by atoms with van der Waals surface area (Å²) in [6.07, 6.45) is 2.48. The van der Waals surface area contributed by atoms with E-state index in [1.807, 2.05) is 0 Å². The highest BCUT2D eigenvalue weighted by molar-refractivity contribution is 6.30. The van der Waals surface area contributed by atoms with Gasteiger partial charge in [-0.1, -0.05) is 11.6 Å². The number of hydrogen-bond donors (Lipinski definition) is 2. The average Bonchev–Trinajstić information content (AvgIpc) is 2.70. The molecule has 1 unspecified atom stereocenters. The lowest BCUT2D eigenvalue weighted by Gasteiger charge is -2.32. The van der Waals surface area contributed by atoms with Gasteiger partial charge in [-0.2, -0.15) is 0 Å². The minimum Gasteiger partial charge on any atom is -0.393 e. The first kappa shape index (κ1) is 20.5. The Hall–Kier alpha value is -3.27. The molecular weight excluding hydrogens is 405 g/mol. The first-order chi connectivity index (χ1) is 13.8. The van der Waals surface area contributed by atoms with Gasteiger partial charge in [0.2, 0.25) is 5.91 Å². The van der Waals surface area contributed by atoms with Crippen LogP contribution in [0.4, 0.5) is 21.6 Å². The molecule has 0 spiro atoms. The third-order valence-electron chi connectivity index (χ3n) is 4.61. The van der Waals surface area contributed by atoms with Crippen LogP contribution < -0.4 is 11.1 Å². The van der Waals surface area contributed by atoms with E-state index in [0.29, 0.717) is 36.3 Å². The van der Waals surface area contributed by atoms with Gasteiger partial charge in [-0.25, -0.2) is 9.37 Å². The maximum atomic E-state index is 13.8.